The van der Waals surface area contributed by atoms with E-state index in [2.05, 4.69) is 0 Å². The standard InChI is InChI=1S/C6H12O5.C4H6O4/c7-3-1-2-4(8)5(9)6(10)11;5-3(6)1-2-4(7)8/h4-5,7-9H,1-3H2,(H,10,11);1-2H2,(H,5,6)(H,7,8). The average Bonchev–Trinajstić information content (AvgIpc) is 2.33. The van der Waals surface area contributed by atoms with Crippen molar-refractivity contribution in [3.8, 4) is 0 Å². The fraction of sp³-hybridized carbons (Fsp3) is 0.700. The molecule has 0 amide bonds. The van der Waals surface area contributed by atoms with Gasteiger partial charge in [-0.05, 0) is 12.8 Å². The van der Waals surface area contributed by atoms with Gasteiger partial charge in [-0.1, -0.05) is 0 Å². The molecule has 0 aliphatic carbocycles. The Bertz CT molecular complexity index is 275. The van der Waals surface area contributed by atoms with Crippen molar-refractivity contribution in [1.82, 2.24) is 0 Å². The zero-order valence-electron chi connectivity index (χ0n) is 10.1. The summed E-state index contributed by atoms with van der Waals surface area (Å²) in [6.07, 6.45) is -3.26. The topological polar surface area (TPSA) is 173 Å². The van der Waals surface area contributed by atoms with Crippen LogP contribution in [0.25, 0.3) is 0 Å². The van der Waals surface area contributed by atoms with Gasteiger partial charge in [0.1, 0.15) is 0 Å². The third-order valence-corrected chi connectivity index (χ3v) is 1.83. The first-order valence-electron chi connectivity index (χ1n) is 5.35. The highest BCUT2D eigenvalue weighted by Gasteiger charge is 2.22. The van der Waals surface area contributed by atoms with E-state index in [4.69, 9.17) is 30.6 Å². The lowest BCUT2D eigenvalue weighted by atomic mass is 10.1. The number of carboxylic acid groups (broad SMARTS) is 3. The molecule has 0 radical (unpaired) electrons. The van der Waals surface area contributed by atoms with E-state index >= 15 is 0 Å². The van der Waals surface area contributed by atoms with Crippen molar-refractivity contribution in [3.63, 3.8) is 0 Å². The Morgan fingerprint density at radius 1 is 0.895 bits per heavy atom. The molecule has 0 saturated carbocycles. The van der Waals surface area contributed by atoms with Crippen LogP contribution in [0.3, 0.4) is 0 Å². The summed E-state index contributed by atoms with van der Waals surface area (Å²) < 4.78 is 0. The van der Waals surface area contributed by atoms with Crippen LogP contribution >= 0.6 is 0 Å². The normalized spacial score (nSPS) is 12.8. The smallest absolute Gasteiger partial charge is 0.335 e. The lowest BCUT2D eigenvalue weighted by molar-refractivity contribution is -0.153. The average molecular weight is 282 g/mol. The summed E-state index contributed by atoms with van der Waals surface area (Å²) in [5.74, 6) is -3.60. The van der Waals surface area contributed by atoms with Gasteiger partial charge in [-0.2, -0.15) is 0 Å². The number of rotatable bonds is 8. The molecule has 2 unspecified atom stereocenters. The molecule has 0 aromatic rings. The highest BCUT2D eigenvalue weighted by Crippen LogP contribution is 2.01. The third-order valence-electron chi connectivity index (χ3n) is 1.83. The first-order chi connectivity index (χ1) is 8.72. The molecule has 2 atom stereocenters. The Morgan fingerprint density at radius 2 is 1.32 bits per heavy atom. The Kier molecular flexibility index (Phi) is 11.8. The van der Waals surface area contributed by atoms with Crippen molar-refractivity contribution in [3.05, 3.63) is 0 Å². The molecule has 0 aliphatic heterocycles. The Labute approximate surface area is 108 Å². The molecule has 19 heavy (non-hydrogen) atoms. The van der Waals surface area contributed by atoms with E-state index in [9.17, 15) is 14.4 Å². The van der Waals surface area contributed by atoms with Crippen LogP contribution in [0.1, 0.15) is 25.7 Å². The van der Waals surface area contributed by atoms with Crippen molar-refractivity contribution in [1.29, 1.82) is 0 Å². The minimum atomic E-state index is -1.75. The van der Waals surface area contributed by atoms with Gasteiger partial charge >= 0.3 is 17.9 Å². The summed E-state index contributed by atoms with van der Waals surface area (Å²) in [7, 11) is 0. The molecule has 9 nitrogen and oxygen atoms in total. The first-order valence-corrected chi connectivity index (χ1v) is 5.35. The van der Waals surface area contributed by atoms with Gasteiger partial charge in [0.2, 0.25) is 0 Å². The van der Waals surface area contributed by atoms with Crippen LogP contribution < -0.4 is 0 Å². The molecule has 112 valence electrons. The lowest BCUT2D eigenvalue weighted by Crippen LogP contribution is -2.33. The minimum absolute atomic E-state index is 0.0873. The maximum Gasteiger partial charge on any atom is 0.335 e. The van der Waals surface area contributed by atoms with E-state index in [1.807, 2.05) is 0 Å². The van der Waals surface area contributed by atoms with Gasteiger partial charge in [-0.25, -0.2) is 4.79 Å². The minimum Gasteiger partial charge on any atom is -0.481 e. The fourth-order valence-corrected chi connectivity index (χ4v) is 0.837. The monoisotopic (exact) mass is 282 g/mol. The molecule has 0 fully saturated rings. The van der Waals surface area contributed by atoms with Gasteiger partial charge in [0, 0.05) is 6.61 Å². The molecule has 0 spiro atoms. The summed E-state index contributed by atoms with van der Waals surface area (Å²) in [6, 6.07) is 0. The molecule has 0 bridgehead atoms. The molecule has 0 saturated heterocycles. The molecular formula is C10H18O9. The summed E-state index contributed by atoms with van der Waals surface area (Å²) >= 11 is 0. The summed E-state index contributed by atoms with van der Waals surface area (Å²) in [5, 5.41) is 49.8. The number of aliphatic hydroxyl groups excluding tert-OH is 3. The van der Waals surface area contributed by atoms with Crippen molar-refractivity contribution in [2.45, 2.75) is 37.9 Å². The van der Waals surface area contributed by atoms with Gasteiger partial charge in [-0.3, -0.25) is 9.59 Å². The van der Waals surface area contributed by atoms with E-state index in [1.165, 1.54) is 0 Å². The van der Waals surface area contributed by atoms with Crippen molar-refractivity contribution in [2.75, 3.05) is 6.61 Å². The highest BCUT2D eigenvalue weighted by molar-refractivity contribution is 5.75. The molecule has 0 aromatic carbocycles. The lowest BCUT2D eigenvalue weighted by Gasteiger charge is -2.12. The molecule has 0 rings (SSSR count). The molecule has 6 N–H and O–H groups in total. The highest BCUT2D eigenvalue weighted by atomic mass is 16.4. The molecule has 9 heteroatoms. The van der Waals surface area contributed by atoms with Crippen LogP contribution in [0.4, 0.5) is 0 Å². The number of hydrogen-bond acceptors (Lipinski definition) is 6. The van der Waals surface area contributed by atoms with Crippen LogP contribution in [0.2, 0.25) is 0 Å². The van der Waals surface area contributed by atoms with Crippen LogP contribution in [0, 0.1) is 0 Å². The van der Waals surface area contributed by atoms with Gasteiger partial charge < -0.3 is 30.6 Å². The maximum atomic E-state index is 10.0. The molecule has 0 aromatic heterocycles. The van der Waals surface area contributed by atoms with Crippen molar-refractivity contribution < 1.29 is 45.0 Å². The van der Waals surface area contributed by atoms with Gasteiger partial charge in [0.05, 0.1) is 18.9 Å². The maximum absolute atomic E-state index is 10.0. The fourth-order valence-electron chi connectivity index (χ4n) is 0.837. The van der Waals surface area contributed by atoms with Gasteiger partial charge in [-0.15, -0.1) is 0 Å². The zero-order chi connectivity index (χ0) is 15.4. The van der Waals surface area contributed by atoms with E-state index in [0.717, 1.165) is 0 Å². The van der Waals surface area contributed by atoms with Gasteiger partial charge in [0.25, 0.3) is 0 Å². The first kappa shape index (κ1) is 19.6. The Hall–Kier alpha value is -1.71. The molecule has 0 heterocycles. The SMILES string of the molecule is O=C(O)C(O)C(O)CCCO.O=C(O)CCC(=O)O. The number of carboxylic acids is 3. The second kappa shape index (κ2) is 11.4. The summed E-state index contributed by atoms with van der Waals surface area (Å²) in [6.45, 7) is -0.122. The van der Waals surface area contributed by atoms with Crippen molar-refractivity contribution >= 4 is 17.9 Å². The second-order valence-electron chi connectivity index (χ2n) is 3.50. The Balaban J connectivity index is 0. The number of hydrogen-bond donors (Lipinski definition) is 6. The quantitative estimate of drug-likeness (QED) is 0.309. The van der Waals surface area contributed by atoms with Crippen molar-refractivity contribution in [2.24, 2.45) is 0 Å². The number of carbonyl (C=O) groups is 3. The van der Waals surface area contributed by atoms with E-state index < -0.39 is 30.1 Å². The third kappa shape index (κ3) is 14.2. The van der Waals surface area contributed by atoms with Crippen LogP contribution in [0.5, 0.6) is 0 Å². The van der Waals surface area contributed by atoms with E-state index in [1.54, 1.807) is 0 Å². The van der Waals surface area contributed by atoms with Gasteiger partial charge in [0.15, 0.2) is 6.10 Å². The summed E-state index contributed by atoms with van der Waals surface area (Å²) in [5.41, 5.74) is 0. The zero-order valence-corrected chi connectivity index (χ0v) is 10.1. The summed E-state index contributed by atoms with van der Waals surface area (Å²) in [4.78, 5) is 29.3. The second-order valence-corrected chi connectivity index (χ2v) is 3.50. The van der Waals surface area contributed by atoms with Crippen LogP contribution in [-0.2, 0) is 14.4 Å². The Morgan fingerprint density at radius 3 is 1.58 bits per heavy atom. The van der Waals surface area contributed by atoms with Crippen LogP contribution in [-0.4, -0.2) is 67.4 Å². The number of aliphatic carboxylic acids is 3. The molecule has 0 aliphatic rings. The molecular weight excluding hydrogens is 264 g/mol. The predicted molar refractivity (Wildman–Crippen MR) is 60.5 cm³/mol. The van der Waals surface area contributed by atoms with Crippen LogP contribution in [0.15, 0.2) is 0 Å². The number of aliphatic hydroxyl groups is 3. The van der Waals surface area contributed by atoms with E-state index in [0.29, 0.717) is 0 Å². The largest absolute Gasteiger partial charge is 0.481 e. The van der Waals surface area contributed by atoms with E-state index in [-0.39, 0.29) is 32.3 Å². The predicted octanol–water partition coefficient (Wildman–Crippen LogP) is -1.50.